The first kappa shape index (κ1) is 19.4. The SMILES string of the molecule is Cc1nnc(S/C(=C/c2ccc(-c3cc(C)c(C)c([N+](=O)[O-])c3)o2)C(=O)[O-])o1. The molecule has 3 rings (SSSR count). The van der Waals surface area contributed by atoms with Crippen molar-refractivity contribution in [2.24, 2.45) is 0 Å². The molecule has 9 nitrogen and oxygen atoms in total. The number of nitrogens with zero attached hydrogens (tertiary/aromatic N) is 3. The number of carbonyl (C=O) groups is 1. The van der Waals surface area contributed by atoms with E-state index in [0.717, 1.165) is 17.3 Å². The van der Waals surface area contributed by atoms with Crippen LogP contribution < -0.4 is 5.11 Å². The molecule has 2 heterocycles. The Morgan fingerprint density at radius 2 is 1.93 bits per heavy atom. The van der Waals surface area contributed by atoms with Gasteiger partial charge in [-0.1, -0.05) is 0 Å². The molecule has 0 amide bonds. The van der Waals surface area contributed by atoms with Crippen molar-refractivity contribution >= 4 is 29.5 Å². The maximum absolute atomic E-state index is 11.4. The molecule has 0 unspecified atom stereocenters. The maximum Gasteiger partial charge on any atom is 0.281 e. The number of hydrogen-bond donors (Lipinski definition) is 0. The van der Waals surface area contributed by atoms with Crippen LogP contribution in [0.25, 0.3) is 17.4 Å². The van der Waals surface area contributed by atoms with Gasteiger partial charge in [-0.15, -0.1) is 10.2 Å². The molecule has 0 N–H and O–H groups in total. The Labute approximate surface area is 163 Å². The summed E-state index contributed by atoms with van der Waals surface area (Å²) in [5.41, 5.74) is 1.83. The fourth-order valence-corrected chi connectivity index (χ4v) is 3.12. The van der Waals surface area contributed by atoms with Crippen LogP contribution in [0.1, 0.15) is 22.8 Å². The van der Waals surface area contributed by atoms with E-state index in [9.17, 15) is 20.0 Å². The van der Waals surface area contributed by atoms with Gasteiger partial charge >= 0.3 is 0 Å². The van der Waals surface area contributed by atoms with E-state index in [-0.39, 0.29) is 21.6 Å². The molecule has 0 saturated heterocycles. The molecule has 10 heteroatoms. The number of aliphatic carboxylic acids is 1. The van der Waals surface area contributed by atoms with E-state index in [2.05, 4.69) is 10.2 Å². The number of rotatable bonds is 6. The van der Waals surface area contributed by atoms with Crippen LogP contribution in [0.2, 0.25) is 0 Å². The molecule has 0 radical (unpaired) electrons. The molecule has 3 aromatic rings. The minimum absolute atomic E-state index is 0.0127. The molecule has 0 bridgehead atoms. The van der Waals surface area contributed by atoms with E-state index in [1.807, 2.05) is 0 Å². The second kappa shape index (κ2) is 7.69. The number of aromatic nitrogens is 2. The van der Waals surface area contributed by atoms with Crippen LogP contribution in [-0.2, 0) is 4.79 Å². The Balaban J connectivity index is 1.93. The third kappa shape index (κ3) is 4.12. The number of thioether (sulfide) groups is 1. The van der Waals surface area contributed by atoms with Gasteiger partial charge in [0.1, 0.15) is 11.5 Å². The number of carboxylic acid groups (broad SMARTS) is 1. The normalized spacial score (nSPS) is 11.6. The van der Waals surface area contributed by atoms with Gasteiger partial charge in [-0.05, 0) is 55.4 Å². The Kier molecular flexibility index (Phi) is 5.32. The molecule has 0 saturated carbocycles. The molecular weight excluding hydrogens is 386 g/mol. The predicted octanol–water partition coefficient (Wildman–Crippen LogP) is 3.05. The van der Waals surface area contributed by atoms with Crippen molar-refractivity contribution in [3.63, 3.8) is 0 Å². The third-order valence-corrected chi connectivity index (χ3v) is 4.77. The highest BCUT2D eigenvalue weighted by Gasteiger charge is 2.17. The molecule has 2 aromatic heterocycles. The van der Waals surface area contributed by atoms with Gasteiger partial charge < -0.3 is 18.7 Å². The van der Waals surface area contributed by atoms with Gasteiger partial charge in [-0.2, -0.15) is 0 Å². The van der Waals surface area contributed by atoms with E-state index in [1.165, 1.54) is 12.1 Å². The summed E-state index contributed by atoms with van der Waals surface area (Å²) >= 11 is 0.738. The van der Waals surface area contributed by atoms with Crippen molar-refractivity contribution in [2.75, 3.05) is 0 Å². The molecule has 144 valence electrons. The summed E-state index contributed by atoms with van der Waals surface area (Å²) in [6.07, 6.45) is 1.26. The molecule has 0 aliphatic carbocycles. The lowest BCUT2D eigenvalue weighted by molar-refractivity contribution is -0.385. The van der Waals surface area contributed by atoms with Gasteiger partial charge in [0.05, 0.1) is 10.9 Å². The minimum atomic E-state index is -1.43. The first-order valence-corrected chi connectivity index (χ1v) is 8.83. The van der Waals surface area contributed by atoms with Crippen molar-refractivity contribution < 1.29 is 23.7 Å². The predicted molar refractivity (Wildman–Crippen MR) is 98.1 cm³/mol. The van der Waals surface area contributed by atoms with Crippen LogP contribution >= 0.6 is 11.8 Å². The third-order valence-electron chi connectivity index (χ3n) is 3.93. The molecule has 0 atom stereocenters. The van der Waals surface area contributed by atoms with Gasteiger partial charge in [0.15, 0.2) is 0 Å². The van der Waals surface area contributed by atoms with Crippen LogP contribution in [-0.4, -0.2) is 21.1 Å². The molecule has 0 aliphatic heterocycles. The van der Waals surface area contributed by atoms with E-state index in [4.69, 9.17) is 8.83 Å². The van der Waals surface area contributed by atoms with Gasteiger partial charge in [-0.25, -0.2) is 0 Å². The molecule has 1 aromatic carbocycles. The zero-order valence-electron chi connectivity index (χ0n) is 15.1. The first-order chi connectivity index (χ1) is 13.2. The second-order valence-corrected chi connectivity index (χ2v) is 6.87. The first-order valence-electron chi connectivity index (χ1n) is 8.01. The molecule has 28 heavy (non-hydrogen) atoms. The molecule has 0 fully saturated rings. The number of hydrogen-bond acceptors (Lipinski definition) is 9. The Bertz CT molecular complexity index is 1100. The van der Waals surface area contributed by atoms with Crippen LogP contribution in [0.5, 0.6) is 0 Å². The molecule has 0 aliphatic rings. The summed E-state index contributed by atoms with van der Waals surface area (Å²) in [7, 11) is 0. The fraction of sp³-hybridized carbons (Fsp3) is 0.167. The highest BCUT2D eigenvalue weighted by atomic mass is 32.2. The van der Waals surface area contributed by atoms with Crippen LogP contribution in [0.15, 0.2) is 43.2 Å². The Morgan fingerprint density at radius 1 is 1.18 bits per heavy atom. The topological polar surface area (TPSA) is 135 Å². The zero-order valence-corrected chi connectivity index (χ0v) is 15.9. The van der Waals surface area contributed by atoms with Gasteiger partial charge in [-0.3, -0.25) is 10.1 Å². The lowest BCUT2D eigenvalue weighted by Gasteiger charge is -2.05. The second-order valence-electron chi connectivity index (χ2n) is 5.88. The number of nitro groups is 1. The van der Waals surface area contributed by atoms with Crippen molar-refractivity contribution in [1.29, 1.82) is 0 Å². The zero-order chi connectivity index (χ0) is 20.4. The number of benzene rings is 1. The average Bonchev–Trinajstić information content (AvgIpc) is 3.25. The van der Waals surface area contributed by atoms with Crippen LogP contribution in [0, 0.1) is 30.9 Å². The van der Waals surface area contributed by atoms with E-state index in [0.29, 0.717) is 22.8 Å². The van der Waals surface area contributed by atoms with Crippen LogP contribution in [0.4, 0.5) is 5.69 Å². The van der Waals surface area contributed by atoms with Crippen molar-refractivity contribution in [1.82, 2.24) is 10.2 Å². The smallest absolute Gasteiger partial charge is 0.281 e. The van der Waals surface area contributed by atoms with Gasteiger partial charge in [0.2, 0.25) is 5.89 Å². The maximum atomic E-state index is 11.4. The lowest BCUT2D eigenvalue weighted by atomic mass is 10.0. The highest BCUT2D eigenvalue weighted by molar-refractivity contribution is 8.03. The van der Waals surface area contributed by atoms with Crippen molar-refractivity contribution in [3.05, 3.63) is 62.1 Å². The molecule has 0 spiro atoms. The minimum Gasteiger partial charge on any atom is -0.544 e. The summed E-state index contributed by atoms with van der Waals surface area (Å²) in [5, 5.41) is 30.0. The summed E-state index contributed by atoms with van der Waals surface area (Å²) in [5.74, 6) is -0.523. The summed E-state index contributed by atoms with van der Waals surface area (Å²) in [6, 6.07) is 6.35. The summed E-state index contributed by atoms with van der Waals surface area (Å²) in [6.45, 7) is 5.03. The average molecular weight is 400 g/mol. The summed E-state index contributed by atoms with van der Waals surface area (Å²) < 4.78 is 10.8. The monoisotopic (exact) mass is 400 g/mol. The summed E-state index contributed by atoms with van der Waals surface area (Å²) in [4.78, 5) is 22.0. The Morgan fingerprint density at radius 3 is 2.54 bits per heavy atom. The van der Waals surface area contributed by atoms with Gasteiger partial charge in [0, 0.05) is 29.0 Å². The van der Waals surface area contributed by atoms with E-state index >= 15 is 0 Å². The highest BCUT2D eigenvalue weighted by Crippen LogP contribution is 2.32. The van der Waals surface area contributed by atoms with Crippen molar-refractivity contribution in [2.45, 2.75) is 26.0 Å². The number of carbonyl (C=O) groups excluding carboxylic acids is 1. The lowest BCUT2D eigenvalue weighted by Crippen LogP contribution is -2.22. The molecular formula is C18H14N3O6S-. The number of furan rings is 1. The van der Waals surface area contributed by atoms with Crippen molar-refractivity contribution in [3.8, 4) is 11.3 Å². The number of carboxylic acids is 1. The Hall–Kier alpha value is -3.40. The quantitative estimate of drug-likeness (QED) is 0.265. The number of aryl methyl sites for hydroxylation is 2. The van der Waals surface area contributed by atoms with Crippen LogP contribution in [0.3, 0.4) is 0 Å². The largest absolute Gasteiger partial charge is 0.544 e. The van der Waals surface area contributed by atoms with Gasteiger partial charge in [0.25, 0.3) is 10.9 Å². The van der Waals surface area contributed by atoms with E-state index < -0.39 is 10.9 Å². The number of nitro benzene ring substituents is 1. The van der Waals surface area contributed by atoms with E-state index in [1.54, 1.807) is 39.0 Å². The fourth-order valence-electron chi connectivity index (χ4n) is 2.43. The standard InChI is InChI=1S/C18H15N3O6S/c1-9-6-12(7-14(10(9)2)21(24)25)15-5-4-13(27-15)8-16(17(22)23)28-18-20-19-11(3)26-18/h4-8H,1-3H3,(H,22,23)/p-1/b16-8+.